The Morgan fingerprint density at radius 1 is 1.03 bits per heavy atom. The normalized spacial score (nSPS) is 21.0. The van der Waals surface area contributed by atoms with Gasteiger partial charge in [-0.1, -0.05) is 12.1 Å². The molecule has 164 valence electrons. The summed E-state index contributed by atoms with van der Waals surface area (Å²) in [5.41, 5.74) is 2.93. The Labute approximate surface area is 180 Å². The molecule has 0 amide bonds. The van der Waals surface area contributed by atoms with Crippen LogP contribution in [0.3, 0.4) is 0 Å². The predicted octanol–water partition coefficient (Wildman–Crippen LogP) is 4.36. The van der Waals surface area contributed by atoms with E-state index in [0.717, 1.165) is 49.4 Å². The standard InChI is InChI=1S/C23H25F3N4O/c1-28-12-4-13-29(16-15-28)22-21(18-5-2-11-27-17-18)6-3-14-30(22)19-7-9-20(10-8-19)31-23(24,25)26/h2-3,5-11,14,17,22H,4,12-13,15-16H2,1H3. The van der Waals surface area contributed by atoms with Gasteiger partial charge in [-0.2, -0.15) is 0 Å². The number of hydrogen-bond acceptors (Lipinski definition) is 5. The molecule has 1 aromatic carbocycles. The molecule has 1 saturated heterocycles. The second-order valence-electron chi connectivity index (χ2n) is 7.72. The first-order chi connectivity index (χ1) is 14.9. The first-order valence-electron chi connectivity index (χ1n) is 10.3. The molecule has 2 aliphatic rings. The zero-order valence-electron chi connectivity index (χ0n) is 17.3. The van der Waals surface area contributed by atoms with Crippen molar-refractivity contribution in [3.05, 3.63) is 72.7 Å². The maximum Gasteiger partial charge on any atom is 0.573 e. The highest BCUT2D eigenvalue weighted by Crippen LogP contribution is 2.34. The van der Waals surface area contributed by atoms with Crippen LogP contribution in [0.25, 0.3) is 5.57 Å². The number of halogens is 3. The van der Waals surface area contributed by atoms with Crippen LogP contribution in [-0.4, -0.2) is 60.5 Å². The van der Waals surface area contributed by atoms with E-state index in [1.165, 1.54) is 12.1 Å². The molecule has 1 atom stereocenters. The van der Waals surface area contributed by atoms with E-state index in [9.17, 15) is 13.2 Å². The summed E-state index contributed by atoms with van der Waals surface area (Å²) in [5.74, 6) is -0.229. The Hall–Kier alpha value is -2.84. The molecule has 5 nitrogen and oxygen atoms in total. The van der Waals surface area contributed by atoms with E-state index in [2.05, 4.69) is 37.5 Å². The van der Waals surface area contributed by atoms with Crippen molar-refractivity contribution in [1.29, 1.82) is 0 Å². The lowest BCUT2D eigenvalue weighted by molar-refractivity contribution is -0.274. The molecule has 0 aliphatic carbocycles. The summed E-state index contributed by atoms with van der Waals surface area (Å²) in [6.45, 7) is 3.80. The van der Waals surface area contributed by atoms with Crippen molar-refractivity contribution >= 4 is 11.3 Å². The topological polar surface area (TPSA) is 31.8 Å². The van der Waals surface area contributed by atoms with Crippen molar-refractivity contribution < 1.29 is 17.9 Å². The fourth-order valence-electron chi connectivity index (χ4n) is 4.07. The molecule has 3 heterocycles. The lowest BCUT2D eigenvalue weighted by atomic mass is 9.99. The van der Waals surface area contributed by atoms with Gasteiger partial charge in [0.25, 0.3) is 0 Å². The van der Waals surface area contributed by atoms with Crippen LogP contribution in [0, 0.1) is 0 Å². The molecule has 0 spiro atoms. The van der Waals surface area contributed by atoms with Crippen LogP contribution in [0.15, 0.2) is 67.1 Å². The summed E-state index contributed by atoms with van der Waals surface area (Å²) in [5, 5.41) is 0. The highest BCUT2D eigenvalue weighted by molar-refractivity contribution is 5.76. The van der Waals surface area contributed by atoms with Crippen LogP contribution in [0.1, 0.15) is 12.0 Å². The van der Waals surface area contributed by atoms with Gasteiger partial charge in [0.05, 0.1) is 0 Å². The summed E-state index contributed by atoms with van der Waals surface area (Å²) in [6.07, 6.45) is 5.87. The van der Waals surface area contributed by atoms with Gasteiger partial charge in [-0.05, 0) is 67.6 Å². The molecular weight excluding hydrogens is 405 g/mol. The van der Waals surface area contributed by atoms with Gasteiger partial charge in [-0.3, -0.25) is 9.88 Å². The van der Waals surface area contributed by atoms with Gasteiger partial charge in [-0.15, -0.1) is 13.2 Å². The average molecular weight is 430 g/mol. The lowest BCUT2D eigenvalue weighted by Crippen LogP contribution is -2.49. The minimum atomic E-state index is -4.70. The molecular formula is C23H25F3N4O. The Balaban J connectivity index is 1.67. The van der Waals surface area contributed by atoms with E-state index in [4.69, 9.17) is 0 Å². The van der Waals surface area contributed by atoms with Gasteiger partial charge in [0.2, 0.25) is 0 Å². The number of allylic oxidation sites excluding steroid dienone is 2. The van der Waals surface area contributed by atoms with Crippen molar-refractivity contribution in [3.8, 4) is 5.75 Å². The molecule has 0 radical (unpaired) electrons. The number of nitrogens with zero attached hydrogens (tertiary/aromatic N) is 4. The minimum Gasteiger partial charge on any atom is -0.406 e. The van der Waals surface area contributed by atoms with E-state index in [0.29, 0.717) is 0 Å². The fourth-order valence-corrected chi connectivity index (χ4v) is 4.07. The molecule has 31 heavy (non-hydrogen) atoms. The minimum absolute atomic E-state index is 0.0879. The lowest BCUT2D eigenvalue weighted by Gasteiger charge is -2.42. The number of ether oxygens (including phenoxy) is 1. The van der Waals surface area contributed by atoms with E-state index < -0.39 is 6.36 Å². The second kappa shape index (κ2) is 9.11. The molecule has 2 aromatic rings. The highest BCUT2D eigenvalue weighted by Gasteiger charge is 2.33. The van der Waals surface area contributed by atoms with Crippen molar-refractivity contribution in [2.24, 2.45) is 0 Å². The van der Waals surface area contributed by atoms with E-state index in [1.54, 1.807) is 18.3 Å². The number of alkyl halides is 3. The summed E-state index contributed by atoms with van der Waals surface area (Å²) < 4.78 is 41.7. The summed E-state index contributed by atoms with van der Waals surface area (Å²) >= 11 is 0. The number of anilines is 1. The molecule has 1 fully saturated rings. The number of hydrogen-bond donors (Lipinski definition) is 0. The van der Waals surface area contributed by atoms with Gasteiger partial charge in [-0.25, -0.2) is 0 Å². The van der Waals surface area contributed by atoms with Crippen LogP contribution in [0.5, 0.6) is 5.75 Å². The maximum atomic E-state index is 12.5. The smallest absolute Gasteiger partial charge is 0.406 e. The zero-order chi connectivity index (χ0) is 21.8. The Morgan fingerprint density at radius 3 is 2.55 bits per heavy atom. The van der Waals surface area contributed by atoms with Crippen molar-refractivity contribution in [2.75, 3.05) is 38.1 Å². The third-order valence-corrected chi connectivity index (χ3v) is 5.53. The van der Waals surface area contributed by atoms with Gasteiger partial charge in [0.1, 0.15) is 11.9 Å². The molecule has 2 aliphatic heterocycles. The number of likely N-dealkylation sites (N-methyl/N-ethyl adjacent to an activating group) is 1. The molecule has 4 rings (SSSR count). The molecule has 0 N–H and O–H groups in total. The number of rotatable bonds is 4. The molecule has 1 unspecified atom stereocenters. The number of benzene rings is 1. The second-order valence-corrected chi connectivity index (χ2v) is 7.72. The quantitative estimate of drug-likeness (QED) is 0.720. The van der Waals surface area contributed by atoms with Crippen LogP contribution in [0.4, 0.5) is 18.9 Å². The fraction of sp³-hybridized carbons (Fsp3) is 0.348. The molecule has 0 saturated carbocycles. The van der Waals surface area contributed by atoms with Gasteiger partial charge in [0.15, 0.2) is 0 Å². The largest absolute Gasteiger partial charge is 0.573 e. The van der Waals surface area contributed by atoms with Crippen LogP contribution < -0.4 is 9.64 Å². The highest BCUT2D eigenvalue weighted by atomic mass is 19.4. The third kappa shape index (κ3) is 5.26. The maximum absolute atomic E-state index is 12.5. The molecule has 1 aromatic heterocycles. The van der Waals surface area contributed by atoms with E-state index >= 15 is 0 Å². The predicted molar refractivity (Wildman–Crippen MR) is 114 cm³/mol. The monoisotopic (exact) mass is 430 g/mol. The van der Waals surface area contributed by atoms with E-state index in [1.807, 2.05) is 30.6 Å². The first-order valence-corrected chi connectivity index (χ1v) is 10.3. The van der Waals surface area contributed by atoms with Crippen molar-refractivity contribution in [3.63, 3.8) is 0 Å². The van der Waals surface area contributed by atoms with Crippen LogP contribution >= 0.6 is 0 Å². The Bertz CT molecular complexity index is 928. The van der Waals surface area contributed by atoms with Gasteiger partial charge in [0, 0.05) is 43.9 Å². The Morgan fingerprint density at radius 2 is 1.84 bits per heavy atom. The molecule has 0 bridgehead atoms. The van der Waals surface area contributed by atoms with Crippen molar-refractivity contribution in [1.82, 2.24) is 14.8 Å². The third-order valence-electron chi connectivity index (χ3n) is 5.53. The van der Waals surface area contributed by atoms with Crippen LogP contribution in [0.2, 0.25) is 0 Å². The SMILES string of the molecule is CN1CCCN(C2C(c3cccnc3)=CC=CN2c2ccc(OC(F)(F)F)cc2)CC1. The van der Waals surface area contributed by atoms with E-state index in [-0.39, 0.29) is 11.9 Å². The first kappa shape index (κ1) is 21.4. The van der Waals surface area contributed by atoms with Crippen LogP contribution in [-0.2, 0) is 0 Å². The van der Waals surface area contributed by atoms with Crippen molar-refractivity contribution in [2.45, 2.75) is 18.9 Å². The van der Waals surface area contributed by atoms with Gasteiger partial charge >= 0.3 is 6.36 Å². The summed E-state index contributed by atoms with van der Waals surface area (Å²) in [6, 6.07) is 9.98. The Kier molecular flexibility index (Phi) is 6.29. The zero-order valence-corrected chi connectivity index (χ0v) is 17.3. The van der Waals surface area contributed by atoms with Gasteiger partial charge < -0.3 is 14.5 Å². The number of pyridine rings is 1. The average Bonchev–Trinajstić information content (AvgIpc) is 2.97. The molecule has 8 heteroatoms. The summed E-state index contributed by atoms with van der Waals surface area (Å²) in [7, 11) is 2.12. The summed E-state index contributed by atoms with van der Waals surface area (Å²) in [4.78, 5) is 11.1. The number of aromatic nitrogens is 1.